The van der Waals surface area contributed by atoms with Crippen molar-refractivity contribution in [1.29, 1.82) is 0 Å². The van der Waals surface area contributed by atoms with Crippen molar-refractivity contribution in [3.8, 4) is 0 Å². The smallest absolute Gasteiger partial charge is 0.234 e. The molecule has 3 aromatic rings. The fourth-order valence-electron chi connectivity index (χ4n) is 4.08. The Kier molecular flexibility index (Phi) is 4.16. The molecule has 0 atom stereocenters. The van der Waals surface area contributed by atoms with Gasteiger partial charge < -0.3 is 15.2 Å². The largest absolute Gasteiger partial charge is 0.368 e. The van der Waals surface area contributed by atoms with Gasteiger partial charge in [-0.3, -0.25) is 9.69 Å². The molecule has 4 heterocycles. The number of piperazine rings is 1. The average molecular weight is 364 g/mol. The van der Waals surface area contributed by atoms with Crippen LogP contribution in [-0.2, 0) is 4.79 Å². The van der Waals surface area contributed by atoms with Crippen LogP contribution in [0.25, 0.3) is 21.9 Å². The molecule has 5 rings (SSSR count). The van der Waals surface area contributed by atoms with Crippen LogP contribution in [0.1, 0.15) is 19.3 Å². The van der Waals surface area contributed by atoms with E-state index in [9.17, 15) is 4.79 Å². The molecule has 140 valence electrons. The quantitative estimate of drug-likeness (QED) is 0.739. The minimum atomic E-state index is 0.170. The van der Waals surface area contributed by atoms with E-state index in [4.69, 9.17) is 0 Å². The molecule has 1 saturated heterocycles. The molecule has 1 aliphatic carbocycles. The third-order valence-electron chi connectivity index (χ3n) is 5.82. The molecule has 2 fully saturated rings. The molecule has 7 heteroatoms. The number of rotatable bonds is 4. The third-order valence-corrected chi connectivity index (χ3v) is 5.82. The Morgan fingerprint density at radius 2 is 2.04 bits per heavy atom. The van der Waals surface area contributed by atoms with E-state index < -0.39 is 0 Å². The summed E-state index contributed by atoms with van der Waals surface area (Å²) in [6.07, 6.45) is 9.16. The molecule has 7 nitrogen and oxygen atoms in total. The van der Waals surface area contributed by atoms with Crippen molar-refractivity contribution >= 4 is 33.5 Å². The van der Waals surface area contributed by atoms with Gasteiger partial charge in [0.1, 0.15) is 0 Å². The van der Waals surface area contributed by atoms with Crippen molar-refractivity contribution in [3.05, 3.63) is 30.7 Å². The van der Waals surface area contributed by atoms with Crippen molar-refractivity contribution in [3.63, 3.8) is 0 Å². The molecular weight excluding hydrogens is 340 g/mol. The van der Waals surface area contributed by atoms with Gasteiger partial charge in [-0.1, -0.05) is 0 Å². The SMILES string of the molecule is O=C(CN1CCN(c2cc[nH]c3cnc4nccc4c23)CC1)NC1CCC1. The maximum Gasteiger partial charge on any atom is 0.234 e. The maximum absolute atomic E-state index is 12.2. The van der Waals surface area contributed by atoms with E-state index >= 15 is 0 Å². The minimum absolute atomic E-state index is 0.170. The van der Waals surface area contributed by atoms with E-state index in [1.807, 2.05) is 24.7 Å². The fourth-order valence-corrected chi connectivity index (χ4v) is 4.08. The van der Waals surface area contributed by atoms with E-state index in [0.717, 1.165) is 55.6 Å². The van der Waals surface area contributed by atoms with Crippen molar-refractivity contribution < 1.29 is 4.79 Å². The highest BCUT2D eigenvalue weighted by molar-refractivity contribution is 6.09. The Bertz CT molecular complexity index is 971. The Hall–Kier alpha value is -2.67. The molecule has 0 unspecified atom stereocenters. The van der Waals surface area contributed by atoms with Gasteiger partial charge in [0.25, 0.3) is 0 Å². The standard InChI is InChI=1S/C20H24N6O/c27-18(24-14-2-1-3-14)13-25-8-10-26(11-9-25)17-5-7-21-16-12-23-20-15(19(16)17)4-6-22-20/h4-7,12,14,21H,1-3,8-11,13H2,(H,24,27). The predicted octanol–water partition coefficient (Wildman–Crippen LogP) is 1.90. The zero-order chi connectivity index (χ0) is 18.2. The Labute approximate surface area is 157 Å². The topological polar surface area (TPSA) is 77.2 Å². The number of anilines is 1. The average Bonchev–Trinajstić information content (AvgIpc) is 3.14. The monoisotopic (exact) mass is 364 g/mol. The van der Waals surface area contributed by atoms with Crippen LogP contribution in [0.3, 0.4) is 0 Å². The summed E-state index contributed by atoms with van der Waals surface area (Å²) in [5, 5.41) is 5.40. The summed E-state index contributed by atoms with van der Waals surface area (Å²) in [4.78, 5) is 28.9. The molecule has 2 N–H and O–H groups in total. The van der Waals surface area contributed by atoms with Crippen LogP contribution >= 0.6 is 0 Å². The van der Waals surface area contributed by atoms with Crippen molar-refractivity contribution in [2.45, 2.75) is 25.3 Å². The normalized spacial score (nSPS) is 18.7. The van der Waals surface area contributed by atoms with Gasteiger partial charge in [-0.15, -0.1) is 0 Å². The van der Waals surface area contributed by atoms with Crippen molar-refractivity contribution in [2.75, 3.05) is 37.6 Å². The van der Waals surface area contributed by atoms with Crippen LogP contribution in [0.4, 0.5) is 5.69 Å². The number of H-pyrrole nitrogens is 1. The molecule has 0 aromatic carbocycles. The van der Waals surface area contributed by atoms with Crippen LogP contribution in [0.5, 0.6) is 0 Å². The Morgan fingerprint density at radius 1 is 1.19 bits per heavy atom. The molecule has 0 spiro atoms. The van der Waals surface area contributed by atoms with Gasteiger partial charge in [-0.25, -0.2) is 9.97 Å². The first-order valence-electron chi connectivity index (χ1n) is 9.75. The number of aromatic nitrogens is 3. The second kappa shape index (κ2) is 6.81. The summed E-state index contributed by atoms with van der Waals surface area (Å²) in [7, 11) is 0. The highest BCUT2D eigenvalue weighted by Crippen LogP contribution is 2.31. The number of carbonyl (C=O) groups excluding carboxylic acids is 1. The van der Waals surface area contributed by atoms with E-state index in [1.54, 1.807) is 0 Å². The van der Waals surface area contributed by atoms with Crippen molar-refractivity contribution in [1.82, 2.24) is 25.2 Å². The van der Waals surface area contributed by atoms with E-state index in [0.29, 0.717) is 12.6 Å². The highest BCUT2D eigenvalue weighted by Gasteiger charge is 2.24. The summed E-state index contributed by atoms with van der Waals surface area (Å²) in [5.41, 5.74) is 3.02. The number of nitrogens with zero attached hydrogens (tertiary/aromatic N) is 4. The van der Waals surface area contributed by atoms with Gasteiger partial charge in [0, 0.05) is 61.1 Å². The summed E-state index contributed by atoms with van der Waals surface area (Å²) in [6, 6.07) is 4.58. The van der Waals surface area contributed by atoms with Gasteiger partial charge in [0.15, 0.2) is 5.65 Å². The summed E-state index contributed by atoms with van der Waals surface area (Å²) < 4.78 is 0. The highest BCUT2D eigenvalue weighted by atomic mass is 16.2. The van der Waals surface area contributed by atoms with Gasteiger partial charge >= 0.3 is 0 Å². The first-order chi connectivity index (χ1) is 13.3. The lowest BCUT2D eigenvalue weighted by atomic mass is 9.93. The number of pyridine rings is 2. The molecule has 0 radical (unpaired) electrons. The zero-order valence-electron chi connectivity index (χ0n) is 15.3. The van der Waals surface area contributed by atoms with Gasteiger partial charge in [-0.05, 0) is 31.4 Å². The lowest BCUT2D eigenvalue weighted by Gasteiger charge is -2.36. The molecule has 2 aliphatic rings. The lowest BCUT2D eigenvalue weighted by molar-refractivity contribution is -0.123. The predicted molar refractivity (Wildman–Crippen MR) is 106 cm³/mol. The number of carbonyl (C=O) groups is 1. The first-order valence-corrected chi connectivity index (χ1v) is 9.75. The number of hydrogen-bond donors (Lipinski definition) is 2. The molecular formula is C20H24N6O. The molecule has 1 amide bonds. The number of hydrogen-bond acceptors (Lipinski definition) is 5. The number of fused-ring (bicyclic) bond motifs is 3. The maximum atomic E-state index is 12.2. The lowest BCUT2D eigenvalue weighted by Crippen LogP contribution is -2.51. The van der Waals surface area contributed by atoms with Crippen LogP contribution < -0.4 is 10.2 Å². The Morgan fingerprint density at radius 3 is 2.81 bits per heavy atom. The third kappa shape index (κ3) is 3.12. The first kappa shape index (κ1) is 16.5. The van der Waals surface area contributed by atoms with E-state index in [-0.39, 0.29) is 5.91 Å². The molecule has 1 aliphatic heterocycles. The fraction of sp³-hybridized carbons (Fsp3) is 0.450. The second-order valence-corrected chi connectivity index (χ2v) is 7.55. The summed E-state index contributed by atoms with van der Waals surface area (Å²) in [5.74, 6) is 0.170. The van der Waals surface area contributed by atoms with Gasteiger partial charge in [0.05, 0.1) is 18.3 Å². The van der Waals surface area contributed by atoms with Crippen molar-refractivity contribution in [2.24, 2.45) is 0 Å². The van der Waals surface area contributed by atoms with Crippen LogP contribution in [0, 0.1) is 0 Å². The van der Waals surface area contributed by atoms with Crippen LogP contribution in [0.15, 0.2) is 30.7 Å². The van der Waals surface area contributed by atoms with Gasteiger partial charge in [-0.2, -0.15) is 0 Å². The molecule has 27 heavy (non-hydrogen) atoms. The molecule has 1 saturated carbocycles. The summed E-state index contributed by atoms with van der Waals surface area (Å²) in [6.45, 7) is 4.12. The molecule has 0 bridgehead atoms. The number of aromatic amines is 1. The minimum Gasteiger partial charge on any atom is -0.368 e. The van der Waals surface area contributed by atoms with E-state index in [1.165, 1.54) is 17.5 Å². The van der Waals surface area contributed by atoms with Crippen LogP contribution in [0.2, 0.25) is 0 Å². The zero-order valence-corrected chi connectivity index (χ0v) is 15.3. The number of amides is 1. The number of nitrogens with one attached hydrogen (secondary N) is 2. The van der Waals surface area contributed by atoms with E-state index in [2.05, 4.69) is 36.1 Å². The van der Waals surface area contributed by atoms with Gasteiger partial charge in [0.2, 0.25) is 5.91 Å². The summed E-state index contributed by atoms with van der Waals surface area (Å²) >= 11 is 0. The molecule has 3 aromatic heterocycles. The van der Waals surface area contributed by atoms with Crippen LogP contribution in [-0.4, -0.2) is 64.5 Å². The Balaban J connectivity index is 1.31. The second-order valence-electron chi connectivity index (χ2n) is 7.55.